The molecule has 0 spiro atoms. The molecule has 0 atom stereocenters. The number of hydrogen-bond acceptors (Lipinski definition) is 8. The van der Waals surface area contributed by atoms with Crippen molar-refractivity contribution in [3.8, 4) is 11.4 Å². The van der Waals surface area contributed by atoms with Crippen LogP contribution in [-0.2, 0) is 12.2 Å². The van der Waals surface area contributed by atoms with Gasteiger partial charge in [-0.05, 0) is 41.1 Å². The van der Waals surface area contributed by atoms with E-state index in [0.717, 1.165) is 36.5 Å². The molecule has 9 heteroatoms. The smallest absolute Gasteiger partial charge is 0.237 e. The zero-order chi connectivity index (χ0) is 16.8. The third-order valence-electron chi connectivity index (χ3n) is 3.35. The summed E-state index contributed by atoms with van der Waals surface area (Å²) in [7, 11) is 1.63. The van der Waals surface area contributed by atoms with Crippen molar-refractivity contribution in [2.24, 2.45) is 0 Å². The van der Waals surface area contributed by atoms with Gasteiger partial charge in [0.1, 0.15) is 5.75 Å². The van der Waals surface area contributed by atoms with Crippen molar-refractivity contribution in [1.29, 1.82) is 0 Å². The molecule has 1 aromatic carbocycles. The average molecular weight is 346 g/mol. The molecule has 0 aliphatic carbocycles. The lowest BCUT2D eigenvalue weighted by Gasteiger charge is -2.04. The van der Waals surface area contributed by atoms with E-state index in [1.165, 1.54) is 11.8 Å². The van der Waals surface area contributed by atoms with Gasteiger partial charge in [-0.25, -0.2) is 0 Å². The summed E-state index contributed by atoms with van der Waals surface area (Å²) in [5, 5.41) is 16.5. The zero-order valence-electron chi connectivity index (χ0n) is 13.5. The lowest BCUT2D eigenvalue weighted by molar-refractivity contribution is 0.384. The normalized spacial score (nSPS) is 10.9. The second-order valence-electron chi connectivity index (χ2n) is 5.07. The fraction of sp³-hybridized carbons (Fsp3) is 0.400. The third kappa shape index (κ3) is 3.91. The summed E-state index contributed by atoms with van der Waals surface area (Å²) in [6.45, 7) is 2.13. The van der Waals surface area contributed by atoms with Gasteiger partial charge in [-0.3, -0.25) is 0 Å². The molecule has 0 aliphatic heterocycles. The third-order valence-corrected chi connectivity index (χ3v) is 4.25. The summed E-state index contributed by atoms with van der Waals surface area (Å²) in [6, 6.07) is 7.52. The number of thioether (sulfide) groups is 1. The molecular weight excluding hydrogens is 328 g/mol. The van der Waals surface area contributed by atoms with Crippen LogP contribution in [0.15, 0.2) is 33.9 Å². The van der Waals surface area contributed by atoms with Gasteiger partial charge in [0.05, 0.1) is 18.6 Å². The Morgan fingerprint density at radius 2 is 2.08 bits per heavy atom. The molecule has 126 valence electrons. The fourth-order valence-electron chi connectivity index (χ4n) is 2.07. The van der Waals surface area contributed by atoms with Gasteiger partial charge < -0.3 is 9.26 Å². The van der Waals surface area contributed by atoms with E-state index in [2.05, 4.69) is 32.6 Å². The van der Waals surface area contributed by atoms with Crippen molar-refractivity contribution in [2.45, 2.75) is 37.1 Å². The SMILES string of the molecule is CCCCc1noc(CSc2nnnn2-c2ccc(OC)cc2)n1. The molecule has 0 saturated carbocycles. The van der Waals surface area contributed by atoms with Gasteiger partial charge in [0.15, 0.2) is 5.82 Å². The van der Waals surface area contributed by atoms with Gasteiger partial charge in [0, 0.05) is 6.42 Å². The second kappa shape index (κ2) is 7.91. The molecule has 0 amide bonds. The minimum atomic E-state index is 0.523. The van der Waals surface area contributed by atoms with Crippen LogP contribution in [0.1, 0.15) is 31.5 Å². The van der Waals surface area contributed by atoms with Crippen molar-refractivity contribution in [1.82, 2.24) is 30.3 Å². The van der Waals surface area contributed by atoms with Crippen molar-refractivity contribution >= 4 is 11.8 Å². The number of nitrogens with zero attached hydrogens (tertiary/aromatic N) is 6. The monoisotopic (exact) mass is 346 g/mol. The first kappa shape index (κ1) is 16.4. The van der Waals surface area contributed by atoms with E-state index in [1.807, 2.05) is 24.3 Å². The molecule has 0 fully saturated rings. The molecule has 2 heterocycles. The molecule has 0 aliphatic rings. The summed E-state index contributed by atoms with van der Waals surface area (Å²) in [5.41, 5.74) is 0.859. The predicted molar refractivity (Wildman–Crippen MR) is 88.2 cm³/mol. The Labute approximate surface area is 143 Å². The number of aryl methyl sites for hydroxylation is 1. The number of unbranched alkanes of at least 4 members (excludes halogenated alkanes) is 1. The topological polar surface area (TPSA) is 91.8 Å². The summed E-state index contributed by atoms with van der Waals surface area (Å²) in [5.74, 6) is 2.64. The lowest BCUT2D eigenvalue weighted by Crippen LogP contribution is -1.99. The van der Waals surface area contributed by atoms with Crippen molar-refractivity contribution < 1.29 is 9.26 Å². The van der Waals surface area contributed by atoms with Crippen LogP contribution < -0.4 is 4.74 Å². The number of tetrazole rings is 1. The first-order chi connectivity index (χ1) is 11.8. The molecule has 3 rings (SSSR count). The van der Waals surface area contributed by atoms with E-state index in [1.54, 1.807) is 11.8 Å². The highest BCUT2D eigenvalue weighted by Gasteiger charge is 2.12. The largest absolute Gasteiger partial charge is 0.497 e. The number of benzene rings is 1. The Hall–Kier alpha value is -2.42. The molecule has 0 saturated heterocycles. The van der Waals surface area contributed by atoms with E-state index in [4.69, 9.17) is 9.26 Å². The number of hydrogen-bond donors (Lipinski definition) is 0. The van der Waals surface area contributed by atoms with E-state index < -0.39 is 0 Å². The van der Waals surface area contributed by atoms with E-state index in [0.29, 0.717) is 16.8 Å². The van der Waals surface area contributed by atoms with E-state index in [9.17, 15) is 0 Å². The van der Waals surface area contributed by atoms with Gasteiger partial charge >= 0.3 is 0 Å². The molecule has 2 aromatic heterocycles. The molecule has 0 N–H and O–H groups in total. The highest BCUT2D eigenvalue weighted by atomic mass is 32.2. The van der Waals surface area contributed by atoms with Gasteiger partial charge in [-0.15, -0.1) is 5.10 Å². The Bertz CT molecular complexity index is 770. The minimum Gasteiger partial charge on any atom is -0.497 e. The zero-order valence-corrected chi connectivity index (χ0v) is 14.4. The van der Waals surface area contributed by atoms with Crippen LogP contribution in [0.4, 0.5) is 0 Å². The summed E-state index contributed by atoms with van der Waals surface area (Å²) < 4.78 is 12.1. The number of ether oxygens (including phenoxy) is 1. The highest BCUT2D eigenvalue weighted by molar-refractivity contribution is 7.98. The van der Waals surface area contributed by atoms with Crippen LogP contribution in [0.3, 0.4) is 0 Å². The molecule has 0 unspecified atom stereocenters. The molecule has 8 nitrogen and oxygen atoms in total. The summed E-state index contributed by atoms with van der Waals surface area (Å²) >= 11 is 1.45. The maximum Gasteiger partial charge on any atom is 0.237 e. The van der Waals surface area contributed by atoms with Crippen LogP contribution >= 0.6 is 11.8 Å². The van der Waals surface area contributed by atoms with Crippen LogP contribution in [0.2, 0.25) is 0 Å². The van der Waals surface area contributed by atoms with Crippen LogP contribution in [0.5, 0.6) is 5.75 Å². The van der Waals surface area contributed by atoms with Crippen molar-refractivity contribution in [3.05, 3.63) is 36.0 Å². The van der Waals surface area contributed by atoms with Crippen molar-refractivity contribution in [2.75, 3.05) is 7.11 Å². The molecule has 24 heavy (non-hydrogen) atoms. The van der Waals surface area contributed by atoms with Crippen LogP contribution in [0, 0.1) is 0 Å². The fourth-order valence-corrected chi connectivity index (χ4v) is 2.79. The predicted octanol–water partition coefficient (Wildman–Crippen LogP) is 2.69. The molecular formula is C15H18N6O2S. The molecule has 3 aromatic rings. The maximum atomic E-state index is 5.26. The van der Waals surface area contributed by atoms with Crippen molar-refractivity contribution in [3.63, 3.8) is 0 Å². The summed E-state index contributed by atoms with van der Waals surface area (Å²) in [6.07, 6.45) is 3.01. The first-order valence-corrected chi connectivity index (χ1v) is 8.65. The quantitative estimate of drug-likeness (QED) is 0.575. The minimum absolute atomic E-state index is 0.523. The standard InChI is InChI=1S/C15H18N6O2S/c1-3-4-5-13-16-14(23-18-13)10-24-15-17-19-20-21(15)11-6-8-12(22-2)9-7-11/h6-9H,3-5,10H2,1-2H3. The average Bonchev–Trinajstić information content (AvgIpc) is 3.27. The molecule has 0 bridgehead atoms. The lowest BCUT2D eigenvalue weighted by atomic mass is 10.2. The number of methoxy groups -OCH3 is 1. The Morgan fingerprint density at radius 3 is 2.83 bits per heavy atom. The Kier molecular flexibility index (Phi) is 5.42. The maximum absolute atomic E-state index is 5.26. The van der Waals surface area contributed by atoms with Gasteiger partial charge in [-0.2, -0.15) is 9.67 Å². The van der Waals surface area contributed by atoms with E-state index in [-0.39, 0.29) is 0 Å². The van der Waals surface area contributed by atoms with Crippen LogP contribution in [-0.4, -0.2) is 37.5 Å². The van der Waals surface area contributed by atoms with Gasteiger partial charge in [-0.1, -0.05) is 30.3 Å². The van der Waals surface area contributed by atoms with Gasteiger partial charge in [0.25, 0.3) is 0 Å². The number of aromatic nitrogens is 6. The highest BCUT2D eigenvalue weighted by Crippen LogP contribution is 2.23. The Balaban J connectivity index is 1.66. The van der Waals surface area contributed by atoms with E-state index >= 15 is 0 Å². The van der Waals surface area contributed by atoms with Gasteiger partial charge in [0.2, 0.25) is 11.0 Å². The molecule has 0 radical (unpaired) electrons. The van der Waals surface area contributed by atoms with Crippen LogP contribution in [0.25, 0.3) is 5.69 Å². The Morgan fingerprint density at radius 1 is 1.25 bits per heavy atom. The first-order valence-electron chi connectivity index (χ1n) is 7.67. The second-order valence-corrected chi connectivity index (χ2v) is 6.01. The number of rotatable bonds is 8. The summed E-state index contributed by atoms with van der Waals surface area (Å²) in [4.78, 5) is 4.38.